The third-order valence-corrected chi connectivity index (χ3v) is 5.66. The lowest BCUT2D eigenvalue weighted by Gasteiger charge is -2.08. The SMILES string of the molecule is Cc1ccsc1C1CC12C(=O)Nc1ccc(Cl)cc12. The van der Waals surface area contributed by atoms with Crippen LogP contribution in [0.2, 0.25) is 5.02 Å². The second-order valence-corrected chi connectivity index (χ2v) is 6.72. The Morgan fingerprint density at radius 3 is 3.00 bits per heavy atom. The second kappa shape index (κ2) is 3.62. The fraction of sp³-hybridized carbons (Fsp3) is 0.267. The van der Waals surface area contributed by atoms with Crippen LogP contribution in [0.1, 0.15) is 28.3 Å². The first-order valence-corrected chi connectivity index (χ1v) is 7.54. The highest BCUT2D eigenvalue weighted by Gasteiger charge is 2.65. The monoisotopic (exact) mass is 289 g/mol. The number of anilines is 1. The predicted molar refractivity (Wildman–Crippen MR) is 78.2 cm³/mol. The predicted octanol–water partition coefficient (Wildman–Crippen LogP) is 4.09. The first-order chi connectivity index (χ1) is 9.13. The summed E-state index contributed by atoms with van der Waals surface area (Å²) in [6.45, 7) is 2.11. The van der Waals surface area contributed by atoms with Gasteiger partial charge in [0.1, 0.15) is 0 Å². The standard InChI is InChI=1S/C15H12ClNOS/c1-8-4-5-19-13(8)11-7-15(11)10-6-9(16)2-3-12(10)17-14(15)18/h2-6,11H,7H2,1H3,(H,17,18). The molecule has 0 bridgehead atoms. The third kappa shape index (κ3) is 1.40. The van der Waals surface area contributed by atoms with Gasteiger partial charge in [-0.3, -0.25) is 4.79 Å². The number of carbonyl (C=O) groups is 1. The van der Waals surface area contributed by atoms with Crippen molar-refractivity contribution in [2.45, 2.75) is 24.7 Å². The molecule has 1 spiro atoms. The molecule has 96 valence electrons. The highest BCUT2D eigenvalue weighted by atomic mass is 35.5. The van der Waals surface area contributed by atoms with Crippen LogP contribution in [0.4, 0.5) is 5.69 Å². The van der Waals surface area contributed by atoms with Crippen molar-refractivity contribution in [1.29, 1.82) is 0 Å². The van der Waals surface area contributed by atoms with Gasteiger partial charge in [-0.25, -0.2) is 0 Å². The number of halogens is 1. The lowest BCUT2D eigenvalue weighted by Crippen LogP contribution is -2.20. The van der Waals surface area contributed by atoms with E-state index in [2.05, 4.69) is 23.7 Å². The molecule has 1 aliphatic carbocycles. The van der Waals surface area contributed by atoms with Gasteiger partial charge >= 0.3 is 0 Å². The highest BCUT2D eigenvalue weighted by Crippen LogP contribution is 2.66. The van der Waals surface area contributed by atoms with Crippen LogP contribution in [0.15, 0.2) is 29.6 Å². The lowest BCUT2D eigenvalue weighted by atomic mass is 9.94. The average Bonchev–Trinajstić information content (AvgIpc) is 2.89. The summed E-state index contributed by atoms with van der Waals surface area (Å²) < 4.78 is 0. The third-order valence-electron chi connectivity index (χ3n) is 4.29. The van der Waals surface area contributed by atoms with Crippen molar-refractivity contribution < 1.29 is 4.79 Å². The van der Waals surface area contributed by atoms with Crippen LogP contribution >= 0.6 is 22.9 Å². The molecular formula is C15H12ClNOS. The van der Waals surface area contributed by atoms with E-state index in [4.69, 9.17) is 11.6 Å². The van der Waals surface area contributed by atoms with Gasteiger partial charge in [0.25, 0.3) is 0 Å². The first-order valence-electron chi connectivity index (χ1n) is 6.28. The van der Waals surface area contributed by atoms with Crippen LogP contribution < -0.4 is 5.32 Å². The molecule has 1 saturated carbocycles. The average molecular weight is 290 g/mol. The number of benzene rings is 1. The van der Waals surface area contributed by atoms with Crippen LogP contribution in [-0.2, 0) is 10.2 Å². The van der Waals surface area contributed by atoms with Gasteiger partial charge in [0, 0.05) is 21.5 Å². The zero-order chi connectivity index (χ0) is 13.2. The summed E-state index contributed by atoms with van der Waals surface area (Å²) in [6.07, 6.45) is 0.896. The molecule has 1 aromatic carbocycles. The second-order valence-electron chi connectivity index (χ2n) is 5.34. The Bertz CT molecular complexity index is 708. The molecule has 19 heavy (non-hydrogen) atoms. The molecule has 1 fully saturated rings. The van der Waals surface area contributed by atoms with Gasteiger partial charge < -0.3 is 5.32 Å². The van der Waals surface area contributed by atoms with E-state index in [1.165, 1.54) is 10.4 Å². The first kappa shape index (κ1) is 11.5. The van der Waals surface area contributed by atoms with Crippen LogP contribution in [0.3, 0.4) is 0 Å². The van der Waals surface area contributed by atoms with Crippen LogP contribution in [0.5, 0.6) is 0 Å². The molecule has 4 heteroatoms. The minimum Gasteiger partial charge on any atom is -0.325 e. The van der Waals surface area contributed by atoms with Gasteiger partial charge in [-0.2, -0.15) is 0 Å². The zero-order valence-electron chi connectivity index (χ0n) is 10.4. The maximum absolute atomic E-state index is 12.4. The Morgan fingerprint density at radius 2 is 2.26 bits per heavy atom. The molecule has 1 aliphatic heterocycles. The summed E-state index contributed by atoms with van der Waals surface area (Å²) in [5.41, 5.74) is 2.92. The maximum atomic E-state index is 12.4. The molecule has 1 amide bonds. The Hall–Kier alpha value is -1.32. The zero-order valence-corrected chi connectivity index (χ0v) is 11.9. The number of amides is 1. The Kier molecular flexibility index (Phi) is 2.19. The van der Waals surface area contributed by atoms with Gasteiger partial charge in [-0.15, -0.1) is 11.3 Å². The summed E-state index contributed by atoms with van der Waals surface area (Å²) in [6, 6.07) is 7.80. The van der Waals surface area contributed by atoms with Crippen molar-refractivity contribution >= 4 is 34.5 Å². The Balaban J connectivity index is 1.84. The van der Waals surface area contributed by atoms with Gasteiger partial charge in [0.05, 0.1) is 5.41 Å². The van der Waals surface area contributed by atoms with E-state index < -0.39 is 0 Å². The number of aryl methyl sites for hydroxylation is 1. The fourth-order valence-electron chi connectivity index (χ4n) is 3.22. The summed E-state index contributed by atoms with van der Waals surface area (Å²) in [5.74, 6) is 0.440. The molecule has 4 rings (SSSR count). The largest absolute Gasteiger partial charge is 0.325 e. The lowest BCUT2D eigenvalue weighted by molar-refractivity contribution is -0.118. The number of nitrogens with one attached hydrogen (secondary N) is 1. The summed E-state index contributed by atoms with van der Waals surface area (Å²) in [4.78, 5) is 13.7. The van der Waals surface area contributed by atoms with Crippen molar-refractivity contribution in [3.63, 3.8) is 0 Å². The van der Waals surface area contributed by atoms with Crippen LogP contribution in [0.25, 0.3) is 0 Å². The fourth-order valence-corrected chi connectivity index (χ4v) is 4.51. The molecule has 2 aliphatic rings. The smallest absolute Gasteiger partial charge is 0.235 e. The van der Waals surface area contributed by atoms with E-state index in [0.717, 1.165) is 17.7 Å². The van der Waals surface area contributed by atoms with E-state index in [0.29, 0.717) is 10.9 Å². The molecule has 1 aromatic heterocycles. The Morgan fingerprint density at radius 1 is 1.42 bits per heavy atom. The summed E-state index contributed by atoms with van der Waals surface area (Å²) >= 11 is 7.84. The molecule has 2 unspecified atom stereocenters. The number of thiophene rings is 1. The van der Waals surface area contributed by atoms with Gasteiger partial charge in [-0.05, 0) is 54.1 Å². The number of fused-ring (bicyclic) bond motifs is 2. The normalized spacial score (nSPS) is 27.5. The number of hydrogen-bond acceptors (Lipinski definition) is 2. The molecule has 2 heterocycles. The van der Waals surface area contributed by atoms with E-state index >= 15 is 0 Å². The van der Waals surface area contributed by atoms with E-state index in [1.54, 1.807) is 11.3 Å². The molecule has 0 radical (unpaired) electrons. The minimum atomic E-state index is -0.365. The molecule has 2 atom stereocenters. The van der Waals surface area contributed by atoms with Crippen LogP contribution in [0, 0.1) is 6.92 Å². The molecule has 1 N–H and O–H groups in total. The van der Waals surface area contributed by atoms with Gasteiger partial charge in [-0.1, -0.05) is 11.6 Å². The van der Waals surface area contributed by atoms with Crippen LogP contribution in [-0.4, -0.2) is 5.91 Å². The topological polar surface area (TPSA) is 29.1 Å². The quantitative estimate of drug-likeness (QED) is 0.842. The van der Waals surface area contributed by atoms with E-state index in [9.17, 15) is 4.79 Å². The molecule has 2 aromatic rings. The van der Waals surface area contributed by atoms with Gasteiger partial charge in [0.15, 0.2) is 0 Å². The van der Waals surface area contributed by atoms with Crippen molar-refractivity contribution in [1.82, 2.24) is 0 Å². The van der Waals surface area contributed by atoms with Crippen molar-refractivity contribution in [2.75, 3.05) is 5.32 Å². The van der Waals surface area contributed by atoms with Crippen molar-refractivity contribution in [3.05, 3.63) is 50.7 Å². The van der Waals surface area contributed by atoms with Gasteiger partial charge in [0.2, 0.25) is 5.91 Å². The maximum Gasteiger partial charge on any atom is 0.235 e. The van der Waals surface area contributed by atoms with E-state index in [1.807, 2.05) is 18.2 Å². The molecular weight excluding hydrogens is 278 g/mol. The molecule has 2 nitrogen and oxygen atoms in total. The minimum absolute atomic E-state index is 0.127. The Labute approximate surface area is 120 Å². The number of carbonyl (C=O) groups excluding carboxylic acids is 1. The summed E-state index contributed by atoms with van der Waals surface area (Å²) in [5, 5.41) is 5.79. The highest BCUT2D eigenvalue weighted by molar-refractivity contribution is 7.10. The van der Waals surface area contributed by atoms with Crippen molar-refractivity contribution in [3.8, 4) is 0 Å². The van der Waals surface area contributed by atoms with Crippen molar-refractivity contribution in [2.24, 2.45) is 0 Å². The number of rotatable bonds is 1. The van der Waals surface area contributed by atoms with E-state index in [-0.39, 0.29) is 11.3 Å². The number of hydrogen-bond donors (Lipinski definition) is 1. The summed E-state index contributed by atoms with van der Waals surface area (Å²) in [7, 11) is 0. The molecule has 0 saturated heterocycles.